The van der Waals surface area contributed by atoms with Crippen LogP contribution in [0.5, 0.6) is 0 Å². The molecule has 1 aliphatic rings. The molecule has 0 radical (unpaired) electrons. The van der Waals surface area contributed by atoms with Gasteiger partial charge in [0.25, 0.3) is 0 Å². The highest BCUT2D eigenvalue weighted by molar-refractivity contribution is 7.91. The van der Waals surface area contributed by atoms with Gasteiger partial charge in [-0.15, -0.1) is 0 Å². The number of rotatable bonds is 5. The second-order valence-electron chi connectivity index (χ2n) is 9.19. The fourth-order valence-electron chi connectivity index (χ4n) is 4.81. The Balaban J connectivity index is 1.61. The third kappa shape index (κ3) is 4.40. The van der Waals surface area contributed by atoms with Crippen LogP contribution in [0.4, 0.5) is 4.39 Å². The number of hydrogen-bond donors (Lipinski definition) is 0. The van der Waals surface area contributed by atoms with Gasteiger partial charge in [0.1, 0.15) is 5.82 Å². The molecule has 2 aromatic carbocycles. The molecule has 2 aromatic heterocycles. The quantitative estimate of drug-likeness (QED) is 0.359. The van der Waals surface area contributed by atoms with Gasteiger partial charge in [-0.25, -0.2) is 12.8 Å². The normalized spacial score (nSPS) is 17.3. The van der Waals surface area contributed by atoms with Gasteiger partial charge < -0.3 is 4.57 Å². The van der Waals surface area contributed by atoms with E-state index in [1.165, 1.54) is 12.1 Å². The molecule has 5 nitrogen and oxygen atoms in total. The van der Waals surface area contributed by atoms with Gasteiger partial charge in [-0.3, -0.25) is 9.78 Å². The van der Waals surface area contributed by atoms with Crippen molar-refractivity contribution in [2.24, 2.45) is 5.92 Å². The molecule has 1 atom stereocenters. The Hall–Kier alpha value is -3.32. The van der Waals surface area contributed by atoms with E-state index in [9.17, 15) is 17.6 Å². The van der Waals surface area contributed by atoms with Crippen LogP contribution in [0.2, 0.25) is 0 Å². The maximum atomic E-state index is 13.6. The minimum Gasteiger partial charge on any atom is -0.316 e. The third-order valence-electron chi connectivity index (χ3n) is 6.41. The number of fused-ring (bicyclic) bond motifs is 1. The van der Waals surface area contributed by atoms with E-state index in [0.29, 0.717) is 12.0 Å². The van der Waals surface area contributed by atoms with Crippen LogP contribution in [-0.2, 0) is 9.84 Å². The second-order valence-corrected chi connectivity index (χ2v) is 11.4. The lowest BCUT2D eigenvalue weighted by Crippen LogP contribution is -2.10. The predicted molar refractivity (Wildman–Crippen MR) is 132 cm³/mol. The number of pyridine rings is 1. The number of halogens is 1. The lowest BCUT2D eigenvalue weighted by atomic mass is 9.97. The van der Waals surface area contributed by atoms with E-state index in [1.54, 1.807) is 18.2 Å². The van der Waals surface area contributed by atoms with Crippen LogP contribution in [0.3, 0.4) is 0 Å². The lowest BCUT2D eigenvalue weighted by molar-refractivity contribution is 0.0966. The monoisotopic (exact) mass is 476 g/mol. The highest BCUT2D eigenvalue weighted by Gasteiger charge is 2.29. The fraction of sp³-hybridized carbons (Fsp3) is 0.259. The first kappa shape index (κ1) is 22.5. The molecule has 0 saturated carbocycles. The number of carbonyl (C=O) groups excluding carboxylic acids is 1. The summed E-state index contributed by atoms with van der Waals surface area (Å²) in [5, 5.41) is 0.932. The zero-order valence-electron chi connectivity index (χ0n) is 19.1. The summed E-state index contributed by atoms with van der Waals surface area (Å²) >= 11 is 0. The number of hydrogen-bond acceptors (Lipinski definition) is 4. The number of benzene rings is 2. The Bertz CT molecular complexity index is 1500. The van der Waals surface area contributed by atoms with E-state index < -0.39 is 9.84 Å². The zero-order valence-corrected chi connectivity index (χ0v) is 19.9. The minimum atomic E-state index is -3.03. The third-order valence-corrected chi connectivity index (χ3v) is 8.24. The number of aryl methyl sites for hydroxylation is 2. The molecule has 3 heterocycles. The molecule has 0 spiro atoms. The molecule has 174 valence electrons. The summed E-state index contributed by atoms with van der Waals surface area (Å²) in [6.07, 6.45) is 2.72. The smallest absolute Gasteiger partial charge is 0.163 e. The molecule has 0 N–H and O–H groups in total. The first-order chi connectivity index (χ1) is 16.2. The molecule has 0 bridgehead atoms. The number of ketones is 1. The highest BCUT2D eigenvalue weighted by atomic mass is 32.2. The van der Waals surface area contributed by atoms with Crippen molar-refractivity contribution in [3.63, 3.8) is 0 Å². The number of nitrogens with zero attached hydrogens (tertiary/aromatic N) is 2. The topological polar surface area (TPSA) is 69.0 Å². The van der Waals surface area contributed by atoms with Crippen molar-refractivity contribution >= 4 is 26.5 Å². The van der Waals surface area contributed by atoms with Crippen molar-refractivity contribution in [1.29, 1.82) is 0 Å². The van der Waals surface area contributed by atoms with Gasteiger partial charge in [0.2, 0.25) is 0 Å². The molecule has 0 amide bonds. The number of sulfone groups is 1. The number of aromatic nitrogens is 2. The van der Waals surface area contributed by atoms with Crippen molar-refractivity contribution in [2.45, 2.75) is 26.7 Å². The molecule has 1 unspecified atom stereocenters. The summed E-state index contributed by atoms with van der Waals surface area (Å²) in [5.41, 5.74) is 5.89. The van der Waals surface area contributed by atoms with Crippen LogP contribution in [0.1, 0.15) is 34.5 Å². The molecule has 5 rings (SSSR count). The maximum absolute atomic E-state index is 13.6. The van der Waals surface area contributed by atoms with E-state index in [-0.39, 0.29) is 35.4 Å². The lowest BCUT2D eigenvalue weighted by Gasteiger charge is -2.09. The number of carbonyl (C=O) groups is 1. The molecule has 4 aromatic rings. The average Bonchev–Trinajstić information content (AvgIpc) is 3.32. The molecule has 1 aliphatic heterocycles. The molecule has 34 heavy (non-hydrogen) atoms. The minimum absolute atomic E-state index is 0.0677. The van der Waals surface area contributed by atoms with E-state index in [4.69, 9.17) is 4.98 Å². The molecular weight excluding hydrogens is 451 g/mol. The highest BCUT2D eigenvalue weighted by Crippen LogP contribution is 2.34. The van der Waals surface area contributed by atoms with Gasteiger partial charge in [0.05, 0.1) is 22.7 Å². The summed E-state index contributed by atoms with van der Waals surface area (Å²) in [6.45, 7) is 3.98. The standard InChI is InChI=1S/C27H25FN2O3S/c1-17-11-18(2)29-25(12-17)24-15-30(22-6-4-21(28)5-7-22)26-14-20(3-8-23(24)26)27(31)13-19-9-10-34(32,33)16-19/h3-8,11-12,14-15,19H,9-10,13,16H2,1-2H3. The maximum Gasteiger partial charge on any atom is 0.163 e. The molecule has 0 aliphatic carbocycles. The van der Waals surface area contributed by atoms with Gasteiger partial charge in [-0.1, -0.05) is 12.1 Å². The van der Waals surface area contributed by atoms with E-state index >= 15 is 0 Å². The summed E-state index contributed by atoms with van der Waals surface area (Å²) in [4.78, 5) is 17.8. The van der Waals surface area contributed by atoms with Crippen molar-refractivity contribution in [1.82, 2.24) is 9.55 Å². The van der Waals surface area contributed by atoms with Gasteiger partial charge in [-0.2, -0.15) is 0 Å². The molecule has 7 heteroatoms. The van der Waals surface area contributed by atoms with Gasteiger partial charge in [-0.05, 0) is 74.2 Å². The average molecular weight is 477 g/mol. The van der Waals surface area contributed by atoms with Crippen LogP contribution in [0.25, 0.3) is 27.8 Å². The Morgan fingerprint density at radius 3 is 2.53 bits per heavy atom. The van der Waals surface area contributed by atoms with Crippen LogP contribution in [0.15, 0.2) is 60.8 Å². The van der Waals surface area contributed by atoms with Crippen LogP contribution >= 0.6 is 0 Å². The Morgan fingerprint density at radius 1 is 1.09 bits per heavy atom. The van der Waals surface area contributed by atoms with Crippen LogP contribution in [-0.4, -0.2) is 35.3 Å². The van der Waals surface area contributed by atoms with E-state index in [1.807, 2.05) is 48.9 Å². The summed E-state index contributed by atoms with van der Waals surface area (Å²) in [6, 6.07) is 15.8. The SMILES string of the molecule is Cc1cc(C)nc(-c2cn(-c3ccc(F)cc3)c3cc(C(=O)CC4CCS(=O)(=O)C4)ccc23)c1. The van der Waals surface area contributed by atoms with Crippen LogP contribution < -0.4 is 0 Å². The van der Waals surface area contributed by atoms with Crippen molar-refractivity contribution < 1.29 is 17.6 Å². The zero-order chi connectivity index (χ0) is 24.0. The van der Waals surface area contributed by atoms with Crippen LogP contribution in [0, 0.1) is 25.6 Å². The van der Waals surface area contributed by atoms with Gasteiger partial charge in [0.15, 0.2) is 15.6 Å². The van der Waals surface area contributed by atoms with Gasteiger partial charge >= 0.3 is 0 Å². The first-order valence-corrected chi connectivity index (χ1v) is 13.1. The van der Waals surface area contributed by atoms with E-state index in [2.05, 4.69) is 0 Å². The van der Waals surface area contributed by atoms with Gasteiger partial charge in [0, 0.05) is 40.5 Å². The predicted octanol–water partition coefficient (Wildman–Crippen LogP) is 5.46. The largest absolute Gasteiger partial charge is 0.316 e. The first-order valence-electron chi connectivity index (χ1n) is 11.3. The molecule has 1 saturated heterocycles. The second kappa shape index (κ2) is 8.47. The number of Topliss-reactive ketones (excluding diaryl/α,β-unsaturated/α-hetero) is 1. The van der Waals surface area contributed by atoms with Crippen molar-refractivity contribution in [3.8, 4) is 16.9 Å². The molecule has 1 fully saturated rings. The van der Waals surface area contributed by atoms with E-state index in [0.717, 1.165) is 39.1 Å². The fourth-order valence-corrected chi connectivity index (χ4v) is 6.67. The summed E-state index contributed by atoms with van der Waals surface area (Å²) in [5.74, 6) is -0.285. The Labute approximate surface area is 198 Å². The Kier molecular flexibility index (Phi) is 5.60. The summed E-state index contributed by atoms with van der Waals surface area (Å²) in [7, 11) is -3.03. The molecular formula is C27H25FN2O3S. The van der Waals surface area contributed by atoms with Crippen molar-refractivity contribution in [2.75, 3.05) is 11.5 Å². The summed E-state index contributed by atoms with van der Waals surface area (Å²) < 4.78 is 39.1. The Morgan fingerprint density at radius 2 is 1.85 bits per heavy atom. The van der Waals surface area contributed by atoms with Crippen molar-refractivity contribution in [3.05, 3.63) is 83.4 Å².